The van der Waals surface area contributed by atoms with Crippen LogP contribution in [-0.4, -0.2) is 29.5 Å². The molecule has 4 aromatic rings. The van der Waals surface area contributed by atoms with Crippen LogP contribution >= 0.6 is 11.5 Å². The maximum Gasteiger partial charge on any atom is 0.433 e. The number of aliphatic hydroxyl groups is 1. The number of alkyl halides is 3. The SMILES string of the molecule is OC(c1cn(Cc2ccc3c(-c4ccc(C(F)(F)F)nc4)nsc3c2)nn1)(C1CC1)C1CC1. The summed E-state index contributed by atoms with van der Waals surface area (Å²) in [6, 6.07) is 8.25. The zero-order valence-corrected chi connectivity index (χ0v) is 18.3. The molecule has 6 rings (SSSR count). The fraction of sp³-hybridized carbons (Fsp3) is 0.391. The predicted molar refractivity (Wildman–Crippen MR) is 116 cm³/mol. The number of halogens is 3. The van der Waals surface area contributed by atoms with E-state index < -0.39 is 17.5 Å². The molecule has 2 aliphatic rings. The fourth-order valence-corrected chi connectivity index (χ4v) is 5.40. The monoisotopic (exact) mass is 471 g/mol. The lowest BCUT2D eigenvalue weighted by Gasteiger charge is -2.25. The van der Waals surface area contributed by atoms with Crippen LogP contribution in [-0.2, 0) is 18.3 Å². The summed E-state index contributed by atoms with van der Waals surface area (Å²) < 4.78 is 45.5. The minimum atomic E-state index is -4.47. The molecule has 0 spiro atoms. The van der Waals surface area contributed by atoms with E-state index in [1.807, 2.05) is 24.4 Å². The molecule has 10 heteroatoms. The first kappa shape index (κ1) is 20.7. The molecule has 2 saturated carbocycles. The molecule has 1 N–H and O–H groups in total. The van der Waals surface area contributed by atoms with Gasteiger partial charge in [0, 0.05) is 17.1 Å². The normalized spacial score (nSPS) is 17.1. The first-order chi connectivity index (χ1) is 15.8. The molecule has 0 saturated heterocycles. The summed E-state index contributed by atoms with van der Waals surface area (Å²) in [6.45, 7) is 0.503. The van der Waals surface area contributed by atoms with Crippen LogP contribution in [0.25, 0.3) is 21.3 Å². The maximum atomic E-state index is 12.8. The Bertz CT molecular complexity index is 1310. The number of aromatic nitrogens is 5. The van der Waals surface area contributed by atoms with E-state index in [0.29, 0.717) is 35.3 Å². The molecular weight excluding hydrogens is 451 g/mol. The Morgan fingerprint density at radius 3 is 2.42 bits per heavy atom. The average molecular weight is 472 g/mol. The Balaban J connectivity index is 1.24. The van der Waals surface area contributed by atoms with Gasteiger partial charge in [-0.2, -0.15) is 17.5 Å². The lowest BCUT2D eigenvalue weighted by Crippen LogP contribution is -2.31. The lowest BCUT2D eigenvalue weighted by atomic mass is 9.89. The van der Waals surface area contributed by atoms with Gasteiger partial charge in [-0.1, -0.05) is 17.3 Å². The molecule has 1 aromatic carbocycles. The minimum Gasteiger partial charge on any atom is -0.383 e. The smallest absolute Gasteiger partial charge is 0.383 e. The molecule has 3 aromatic heterocycles. The molecule has 0 unspecified atom stereocenters. The van der Waals surface area contributed by atoms with E-state index in [1.54, 1.807) is 4.68 Å². The summed E-state index contributed by atoms with van der Waals surface area (Å²) in [4.78, 5) is 3.54. The molecule has 3 heterocycles. The van der Waals surface area contributed by atoms with Crippen molar-refractivity contribution < 1.29 is 18.3 Å². The highest BCUT2D eigenvalue weighted by Crippen LogP contribution is 2.56. The molecule has 6 nitrogen and oxygen atoms in total. The molecular formula is C23H20F3N5OS. The predicted octanol–water partition coefficient (Wildman–Crippen LogP) is 5.02. The van der Waals surface area contributed by atoms with Crippen molar-refractivity contribution in [3.63, 3.8) is 0 Å². The molecule has 170 valence electrons. The standard InChI is InChI=1S/C23H20F3N5OS/c24-23(25,26)19-8-2-14(10-27-19)21-17-7-1-13(9-18(17)33-29-21)11-31-12-20(28-30-31)22(32,15-3-4-15)16-5-6-16/h1-2,7-10,12,15-16,32H,3-6,11H2. The summed E-state index contributed by atoms with van der Waals surface area (Å²) in [5.74, 6) is 0.587. The maximum absolute atomic E-state index is 12.8. The van der Waals surface area contributed by atoms with Crippen LogP contribution in [0.2, 0.25) is 0 Å². The summed E-state index contributed by atoms with van der Waals surface area (Å²) >= 11 is 1.29. The number of pyridine rings is 1. The van der Waals surface area contributed by atoms with Crippen molar-refractivity contribution >= 4 is 21.6 Å². The Morgan fingerprint density at radius 2 is 1.79 bits per heavy atom. The molecule has 0 amide bonds. The molecule has 0 atom stereocenters. The van der Waals surface area contributed by atoms with E-state index in [2.05, 4.69) is 19.7 Å². The first-order valence-electron chi connectivity index (χ1n) is 10.9. The van der Waals surface area contributed by atoms with Crippen LogP contribution in [0.4, 0.5) is 13.2 Å². The zero-order chi connectivity index (χ0) is 22.8. The van der Waals surface area contributed by atoms with Crippen LogP contribution in [0, 0.1) is 11.8 Å². The molecule has 0 aliphatic heterocycles. The van der Waals surface area contributed by atoms with Crippen molar-refractivity contribution in [3.05, 3.63) is 59.7 Å². The zero-order valence-electron chi connectivity index (χ0n) is 17.5. The summed E-state index contributed by atoms with van der Waals surface area (Å²) in [7, 11) is 0. The number of fused-ring (bicyclic) bond motifs is 1. The quantitative estimate of drug-likeness (QED) is 0.427. The van der Waals surface area contributed by atoms with Gasteiger partial charge < -0.3 is 5.11 Å². The number of benzene rings is 1. The van der Waals surface area contributed by atoms with Gasteiger partial charge in [0.2, 0.25) is 0 Å². The van der Waals surface area contributed by atoms with Crippen molar-refractivity contribution in [3.8, 4) is 11.3 Å². The Labute approximate surface area is 191 Å². The Hall–Kier alpha value is -2.85. The van der Waals surface area contributed by atoms with Crippen molar-refractivity contribution in [1.29, 1.82) is 0 Å². The number of rotatable bonds is 6. The van der Waals surface area contributed by atoms with Crippen molar-refractivity contribution in [2.45, 2.75) is 44.0 Å². The van der Waals surface area contributed by atoms with E-state index in [1.165, 1.54) is 23.8 Å². The van der Waals surface area contributed by atoms with E-state index in [0.717, 1.165) is 47.4 Å². The molecule has 0 bridgehead atoms. The van der Waals surface area contributed by atoms with Crippen LogP contribution in [0.5, 0.6) is 0 Å². The third-order valence-electron chi connectivity index (χ3n) is 6.56. The summed E-state index contributed by atoms with van der Waals surface area (Å²) in [6.07, 6.45) is 2.76. The topological polar surface area (TPSA) is 76.7 Å². The van der Waals surface area contributed by atoms with Gasteiger partial charge in [0.25, 0.3) is 0 Å². The second kappa shape index (κ2) is 7.33. The largest absolute Gasteiger partial charge is 0.433 e. The van der Waals surface area contributed by atoms with E-state index in [4.69, 9.17) is 0 Å². The number of hydrogen-bond acceptors (Lipinski definition) is 6. The third-order valence-corrected chi connectivity index (χ3v) is 7.37. The first-order valence-corrected chi connectivity index (χ1v) is 11.6. The number of hydrogen-bond donors (Lipinski definition) is 1. The molecule has 2 fully saturated rings. The highest BCUT2D eigenvalue weighted by molar-refractivity contribution is 7.13. The Kier molecular flexibility index (Phi) is 4.60. The summed E-state index contributed by atoms with van der Waals surface area (Å²) in [5, 5.41) is 20.7. The third kappa shape index (κ3) is 3.71. The molecule has 33 heavy (non-hydrogen) atoms. The van der Waals surface area contributed by atoms with Crippen LogP contribution < -0.4 is 0 Å². The van der Waals surface area contributed by atoms with Crippen molar-refractivity contribution in [2.24, 2.45) is 11.8 Å². The Morgan fingerprint density at radius 1 is 1.03 bits per heavy atom. The minimum absolute atomic E-state index is 0.293. The van der Waals surface area contributed by atoms with E-state index >= 15 is 0 Å². The average Bonchev–Trinajstić information content (AvgIpc) is 3.72. The number of nitrogens with zero attached hydrogens (tertiary/aromatic N) is 5. The van der Waals surface area contributed by atoms with Gasteiger partial charge in [-0.3, -0.25) is 4.98 Å². The van der Waals surface area contributed by atoms with Crippen LogP contribution in [0.3, 0.4) is 0 Å². The second-order valence-electron chi connectivity index (χ2n) is 8.97. The van der Waals surface area contributed by atoms with Gasteiger partial charge in [0.15, 0.2) is 0 Å². The highest BCUT2D eigenvalue weighted by Gasteiger charge is 2.55. The van der Waals surface area contributed by atoms with Crippen LogP contribution in [0.15, 0.2) is 42.7 Å². The van der Waals surface area contributed by atoms with Gasteiger partial charge in [-0.15, -0.1) is 5.10 Å². The summed E-state index contributed by atoms with van der Waals surface area (Å²) in [5.41, 5.74) is 1.07. The van der Waals surface area contributed by atoms with Gasteiger partial charge in [0.05, 0.1) is 23.1 Å². The van der Waals surface area contributed by atoms with E-state index in [-0.39, 0.29) is 0 Å². The fourth-order valence-electron chi connectivity index (χ4n) is 4.53. The van der Waals surface area contributed by atoms with Crippen molar-refractivity contribution in [2.75, 3.05) is 0 Å². The van der Waals surface area contributed by atoms with Crippen molar-refractivity contribution in [1.82, 2.24) is 24.4 Å². The van der Waals surface area contributed by atoms with E-state index in [9.17, 15) is 18.3 Å². The molecule has 0 radical (unpaired) electrons. The second-order valence-corrected chi connectivity index (χ2v) is 9.77. The highest BCUT2D eigenvalue weighted by atomic mass is 32.1. The van der Waals surface area contributed by atoms with Crippen LogP contribution in [0.1, 0.15) is 42.6 Å². The molecule has 2 aliphatic carbocycles. The van der Waals surface area contributed by atoms with Gasteiger partial charge in [0.1, 0.15) is 17.0 Å². The lowest BCUT2D eigenvalue weighted by molar-refractivity contribution is -0.141. The van der Waals surface area contributed by atoms with Gasteiger partial charge in [-0.05, 0) is 72.8 Å². The van der Waals surface area contributed by atoms with Gasteiger partial charge in [-0.25, -0.2) is 4.68 Å². The van der Waals surface area contributed by atoms with Gasteiger partial charge >= 0.3 is 6.18 Å².